The molecule has 3 rings (SSSR count). The fourth-order valence-corrected chi connectivity index (χ4v) is 3.79. The molecule has 1 atom stereocenters. The van der Waals surface area contributed by atoms with Crippen LogP contribution in [0.2, 0.25) is 5.02 Å². The Balaban J connectivity index is 1.91. The Bertz CT molecular complexity index is 1070. The third-order valence-electron chi connectivity index (χ3n) is 4.38. The molecular formula is C22H21ClN4OS. The number of nitrogens with zero attached hydrogens (tertiary/aromatic N) is 4. The van der Waals surface area contributed by atoms with Gasteiger partial charge in [-0.3, -0.25) is 0 Å². The maximum Gasteiger partial charge on any atom is 0.218 e. The summed E-state index contributed by atoms with van der Waals surface area (Å²) in [5.41, 5.74) is 3.80. The van der Waals surface area contributed by atoms with Gasteiger partial charge in [-0.15, -0.1) is 0 Å². The number of aromatic nitrogens is 1. The molecule has 0 aliphatic carbocycles. The van der Waals surface area contributed by atoms with Crippen molar-refractivity contribution in [3.05, 3.63) is 69.9 Å². The van der Waals surface area contributed by atoms with E-state index in [2.05, 4.69) is 15.4 Å². The molecule has 7 heteroatoms. The molecule has 0 N–H and O–H groups in total. The van der Waals surface area contributed by atoms with E-state index in [9.17, 15) is 5.26 Å². The molecule has 1 heterocycles. The van der Waals surface area contributed by atoms with Gasteiger partial charge < -0.3 is 9.64 Å². The zero-order chi connectivity index (χ0) is 21.0. The highest BCUT2D eigenvalue weighted by molar-refractivity contribution is 7.08. The molecule has 1 aromatic heterocycles. The zero-order valence-corrected chi connectivity index (χ0v) is 18.3. The highest BCUT2D eigenvalue weighted by Gasteiger charge is 2.22. The normalized spacial score (nSPS) is 12.0. The molecule has 148 valence electrons. The van der Waals surface area contributed by atoms with E-state index in [0.717, 1.165) is 16.8 Å². The molecule has 0 aliphatic heterocycles. The van der Waals surface area contributed by atoms with Crippen LogP contribution in [0.5, 0.6) is 10.8 Å². The minimum atomic E-state index is -0.00752. The number of aliphatic imine (C=N–C) groups is 1. The molecule has 0 radical (unpaired) electrons. The van der Waals surface area contributed by atoms with Crippen LogP contribution in [0, 0.1) is 18.3 Å². The number of nitriles is 1. The smallest absolute Gasteiger partial charge is 0.218 e. The summed E-state index contributed by atoms with van der Waals surface area (Å²) in [6.45, 7) is 3.95. The standard InChI is InChI=1S/C22H21ClN4OS/c1-14-10-19(25-13-27(3)4)18(23)11-20(14)28-22-17(12-24)21(26-29-22)15(2)16-8-6-5-7-9-16/h5-11,13,15H,1-4H3. The lowest BCUT2D eigenvalue weighted by Crippen LogP contribution is -2.07. The number of ether oxygens (including phenoxy) is 1. The third kappa shape index (κ3) is 4.76. The van der Waals surface area contributed by atoms with Crippen molar-refractivity contribution in [1.29, 1.82) is 5.26 Å². The second-order valence-corrected chi connectivity index (χ2v) is 8.00. The fourth-order valence-electron chi connectivity index (χ4n) is 2.79. The predicted molar refractivity (Wildman–Crippen MR) is 119 cm³/mol. The minimum absolute atomic E-state index is 0.00752. The first-order valence-corrected chi connectivity index (χ1v) is 10.2. The number of hydrogen-bond acceptors (Lipinski definition) is 5. The highest BCUT2D eigenvalue weighted by atomic mass is 35.5. The van der Waals surface area contributed by atoms with Gasteiger partial charge >= 0.3 is 0 Å². The first kappa shape index (κ1) is 20.8. The van der Waals surface area contributed by atoms with Gasteiger partial charge in [-0.25, -0.2) is 4.99 Å². The molecular weight excluding hydrogens is 404 g/mol. The van der Waals surface area contributed by atoms with E-state index in [1.165, 1.54) is 11.5 Å². The van der Waals surface area contributed by atoms with Crippen LogP contribution in [0.3, 0.4) is 0 Å². The molecule has 0 spiro atoms. The lowest BCUT2D eigenvalue weighted by atomic mass is 9.95. The summed E-state index contributed by atoms with van der Waals surface area (Å²) in [6.07, 6.45) is 1.69. The average molecular weight is 425 g/mol. The molecule has 0 fully saturated rings. The van der Waals surface area contributed by atoms with Crippen LogP contribution >= 0.6 is 23.1 Å². The maximum absolute atomic E-state index is 9.74. The van der Waals surface area contributed by atoms with E-state index in [4.69, 9.17) is 16.3 Å². The Morgan fingerprint density at radius 2 is 2.00 bits per heavy atom. The van der Waals surface area contributed by atoms with E-state index in [0.29, 0.717) is 27.1 Å². The van der Waals surface area contributed by atoms with Crippen LogP contribution in [-0.4, -0.2) is 29.7 Å². The van der Waals surface area contributed by atoms with Crippen LogP contribution in [0.15, 0.2) is 47.5 Å². The minimum Gasteiger partial charge on any atom is -0.443 e. The number of benzene rings is 2. The third-order valence-corrected chi connectivity index (χ3v) is 5.43. The average Bonchev–Trinajstić information content (AvgIpc) is 3.12. The van der Waals surface area contributed by atoms with Crippen molar-refractivity contribution in [3.63, 3.8) is 0 Å². The molecule has 0 saturated heterocycles. The summed E-state index contributed by atoms with van der Waals surface area (Å²) in [5, 5.41) is 10.7. The molecule has 2 aromatic carbocycles. The predicted octanol–water partition coefficient (Wildman–Crippen LogP) is 6.14. The van der Waals surface area contributed by atoms with Crippen LogP contribution in [0.1, 0.15) is 35.2 Å². The number of aryl methyl sites for hydroxylation is 1. The highest BCUT2D eigenvalue weighted by Crippen LogP contribution is 2.40. The molecule has 0 amide bonds. The second-order valence-electron chi connectivity index (χ2n) is 6.85. The van der Waals surface area contributed by atoms with E-state index in [1.807, 2.05) is 69.2 Å². The SMILES string of the molecule is Cc1cc(N=CN(C)C)c(Cl)cc1Oc1snc(C(C)c2ccccc2)c1C#N. The van der Waals surface area contributed by atoms with E-state index < -0.39 is 0 Å². The first-order chi connectivity index (χ1) is 13.9. The summed E-state index contributed by atoms with van der Waals surface area (Å²) in [7, 11) is 3.78. The topological polar surface area (TPSA) is 61.5 Å². The summed E-state index contributed by atoms with van der Waals surface area (Å²) < 4.78 is 10.6. The van der Waals surface area contributed by atoms with Crippen LogP contribution in [0.25, 0.3) is 0 Å². The quantitative estimate of drug-likeness (QED) is 0.352. The molecule has 3 aromatic rings. The molecule has 0 aliphatic rings. The van der Waals surface area contributed by atoms with E-state index >= 15 is 0 Å². The van der Waals surface area contributed by atoms with Crippen molar-refractivity contribution >= 4 is 35.2 Å². The largest absolute Gasteiger partial charge is 0.443 e. The number of hydrogen-bond donors (Lipinski definition) is 0. The molecule has 0 bridgehead atoms. The van der Waals surface area contributed by atoms with Gasteiger partial charge in [0.15, 0.2) is 0 Å². The summed E-state index contributed by atoms with van der Waals surface area (Å²) in [4.78, 5) is 6.20. The summed E-state index contributed by atoms with van der Waals surface area (Å²) in [6, 6.07) is 15.8. The van der Waals surface area contributed by atoms with Gasteiger partial charge in [-0.05, 0) is 24.1 Å². The van der Waals surface area contributed by atoms with Crippen molar-refractivity contribution in [3.8, 4) is 16.9 Å². The van der Waals surface area contributed by atoms with Gasteiger partial charge in [0.05, 0.1) is 22.7 Å². The van der Waals surface area contributed by atoms with Gasteiger partial charge in [0.25, 0.3) is 0 Å². The van der Waals surface area contributed by atoms with E-state index in [-0.39, 0.29) is 5.92 Å². The Morgan fingerprint density at radius 3 is 2.66 bits per heavy atom. The van der Waals surface area contributed by atoms with Gasteiger partial charge in [0.2, 0.25) is 5.06 Å². The second kappa shape index (κ2) is 9.08. The molecule has 1 unspecified atom stereocenters. The summed E-state index contributed by atoms with van der Waals surface area (Å²) >= 11 is 7.55. The Kier molecular flexibility index (Phi) is 6.53. The van der Waals surface area contributed by atoms with Crippen molar-refractivity contribution < 1.29 is 4.74 Å². The maximum atomic E-state index is 9.74. The lowest BCUT2D eigenvalue weighted by Gasteiger charge is -2.11. The van der Waals surface area contributed by atoms with Crippen LogP contribution in [0.4, 0.5) is 5.69 Å². The zero-order valence-electron chi connectivity index (χ0n) is 16.7. The van der Waals surface area contributed by atoms with Crippen LogP contribution < -0.4 is 4.74 Å². The number of rotatable bonds is 6. The summed E-state index contributed by atoms with van der Waals surface area (Å²) in [5.74, 6) is 0.574. The van der Waals surface area contributed by atoms with Gasteiger partial charge in [-0.1, -0.05) is 48.9 Å². The number of halogens is 1. The van der Waals surface area contributed by atoms with Crippen molar-refractivity contribution in [1.82, 2.24) is 9.27 Å². The van der Waals surface area contributed by atoms with Crippen molar-refractivity contribution in [2.45, 2.75) is 19.8 Å². The molecule has 29 heavy (non-hydrogen) atoms. The Hall–Kier alpha value is -2.88. The van der Waals surface area contributed by atoms with Gasteiger partial charge in [-0.2, -0.15) is 9.64 Å². The lowest BCUT2D eigenvalue weighted by molar-refractivity contribution is 0.490. The first-order valence-electron chi connectivity index (χ1n) is 9.04. The Labute approximate surface area is 180 Å². The van der Waals surface area contributed by atoms with Crippen LogP contribution in [-0.2, 0) is 0 Å². The van der Waals surface area contributed by atoms with Gasteiger partial charge in [0.1, 0.15) is 17.4 Å². The molecule has 0 saturated carbocycles. The van der Waals surface area contributed by atoms with Gasteiger partial charge in [0, 0.05) is 37.6 Å². The fraction of sp³-hybridized carbons (Fsp3) is 0.227. The Morgan fingerprint density at radius 1 is 1.28 bits per heavy atom. The van der Waals surface area contributed by atoms with Crippen molar-refractivity contribution in [2.75, 3.05) is 14.1 Å². The van der Waals surface area contributed by atoms with E-state index in [1.54, 1.807) is 12.4 Å². The molecule has 5 nitrogen and oxygen atoms in total. The monoisotopic (exact) mass is 424 g/mol. The van der Waals surface area contributed by atoms with Crippen molar-refractivity contribution in [2.24, 2.45) is 4.99 Å².